The summed E-state index contributed by atoms with van der Waals surface area (Å²) >= 11 is 0. The molecule has 1 aliphatic rings. The molecule has 4 rings (SSSR count). The quantitative estimate of drug-likeness (QED) is 0.596. The SMILES string of the molecule is CC(C)(C)Nc1c(C2CC2)nc2c(C(=O)NCc3cccc(CN)c3)cccn12. The second kappa shape index (κ2) is 7.52. The van der Waals surface area contributed by atoms with Crippen molar-refractivity contribution < 1.29 is 4.79 Å². The van der Waals surface area contributed by atoms with Gasteiger partial charge in [0.05, 0.1) is 11.3 Å². The van der Waals surface area contributed by atoms with Crippen molar-refractivity contribution in [3.05, 3.63) is 65.0 Å². The zero-order valence-electron chi connectivity index (χ0n) is 17.3. The van der Waals surface area contributed by atoms with Gasteiger partial charge in [0.25, 0.3) is 5.91 Å². The maximum Gasteiger partial charge on any atom is 0.255 e. The summed E-state index contributed by atoms with van der Waals surface area (Å²) in [5.41, 5.74) is 10.1. The monoisotopic (exact) mass is 391 g/mol. The lowest BCUT2D eigenvalue weighted by atomic mass is 10.1. The first-order chi connectivity index (χ1) is 13.9. The molecule has 0 saturated heterocycles. The minimum atomic E-state index is -0.122. The Bertz CT molecular complexity index is 1040. The molecule has 6 nitrogen and oxygen atoms in total. The van der Waals surface area contributed by atoms with Gasteiger partial charge in [-0.1, -0.05) is 24.3 Å². The highest BCUT2D eigenvalue weighted by Gasteiger charge is 2.32. The third kappa shape index (κ3) is 4.27. The maximum atomic E-state index is 13.0. The predicted molar refractivity (Wildman–Crippen MR) is 116 cm³/mol. The number of nitrogens with two attached hydrogens (primary N) is 1. The Kier molecular flexibility index (Phi) is 5.04. The predicted octanol–water partition coefficient (Wildman–Crippen LogP) is 3.81. The summed E-state index contributed by atoms with van der Waals surface area (Å²) in [5, 5.41) is 6.61. The van der Waals surface area contributed by atoms with Crippen LogP contribution < -0.4 is 16.4 Å². The first-order valence-corrected chi connectivity index (χ1v) is 10.2. The van der Waals surface area contributed by atoms with Crippen molar-refractivity contribution >= 4 is 17.4 Å². The molecule has 1 fully saturated rings. The van der Waals surface area contributed by atoms with E-state index < -0.39 is 0 Å². The molecule has 1 saturated carbocycles. The van der Waals surface area contributed by atoms with Gasteiger partial charge in [0, 0.05) is 30.7 Å². The number of pyridine rings is 1. The van der Waals surface area contributed by atoms with Gasteiger partial charge in [-0.3, -0.25) is 9.20 Å². The molecule has 6 heteroatoms. The zero-order chi connectivity index (χ0) is 20.6. The Hall–Kier alpha value is -2.86. The highest BCUT2D eigenvalue weighted by molar-refractivity contribution is 6.00. The molecule has 29 heavy (non-hydrogen) atoms. The largest absolute Gasteiger partial charge is 0.365 e. The normalized spacial score (nSPS) is 14.2. The van der Waals surface area contributed by atoms with Crippen molar-refractivity contribution in [1.82, 2.24) is 14.7 Å². The first kappa shape index (κ1) is 19.5. The molecular weight excluding hydrogens is 362 g/mol. The number of anilines is 1. The molecular formula is C23H29N5O. The number of aromatic nitrogens is 2. The van der Waals surface area contributed by atoms with Crippen molar-refractivity contribution in [2.45, 2.75) is 58.2 Å². The lowest BCUT2D eigenvalue weighted by Gasteiger charge is -2.22. The van der Waals surface area contributed by atoms with E-state index in [4.69, 9.17) is 10.7 Å². The maximum absolute atomic E-state index is 13.0. The Morgan fingerprint density at radius 3 is 2.66 bits per heavy atom. The summed E-state index contributed by atoms with van der Waals surface area (Å²) in [7, 11) is 0. The van der Waals surface area contributed by atoms with Crippen molar-refractivity contribution in [2.24, 2.45) is 5.73 Å². The molecule has 0 aliphatic heterocycles. The molecule has 1 amide bonds. The van der Waals surface area contributed by atoms with Gasteiger partial charge in [-0.15, -0.1) is 0 Å². The second-order valence-corrected chi connectivity index (χ2v) is 8.82. The van der Waals surface area contributed by atoms with Crippen molar-refractivity contribution in [1.29, 1.82) is 0 Å². The summed E-state index contributed by atoms with van der Waals surface area (Å²) in [4.78, 5) is 17.9. The summed E-state index contributed by atoms with van der Waals surface area (Å²) in [5.74, 6) is 1.36. The molecule has 0 bridgehead atoms. The van der Waals surface area contributed by atoms with Crippen molar-refractivity contribution in [3.63, 3.8) is 0 Å². The number of amides is 1. The highest BCUT2D eigenvalue weighted by Crippen LogP contribution is 2.44. The van der Waals surface area contributed by atoms with Crippen LogP contribution >= 0.6 is 0 Å². The van der Waals surface area contributed by atoms with E-state index in [0.29, 0.717) is 30.2 Å². The summed E-state index contributed by atoms with van der Waals surface area (Å²) in [6, 6.07) is 11.7. The lowest BCUT2D eigenvalue weighted by molar-refractivity contribution is 0.0952. The first-order valence-electron chi connectivity index (χ1n) is 10.2. The van der Waals surface area contributed by atoms with Gasteiger partial charge >= 0.3 is 0 Å². The van der Waals surface area contributed by atoms with Crippen molar-refractivity contribution in [2.75, 3.05) is 5.32 Å². The molecule has 0 unspecified atom stereocenters. The van der Waals surface area contributed by atoms with Crippen LogP contribution in [-0.2, 0) is 13.1 Å². The average Bonchev–Trinajstić information content (AvgIpc) is 3.48. The van der Waals surface area contributed by atoms with E-state index in [0.717, 1.165) is 35.5 Å². The van der Waals surface area contributed by atoms with Crippen LogP contribution in [-0.4, -0.2) is 20.8 Å². The molecule has 2 heterocycles. The van der Waals surface area contributed by atoms with E-state index in [1.807, 2.05) is 47.0 Å². The smallest absolute Gasteiger partial charge is 0.255 e. The van der Waals surface area contributed by atoms with Crippen LogP contribution in [0.2, 0.25) is 0 Å². The van der Waals surface area contributed by atoms with Crippen LogP contribution in [0.25, 0.3) is 5.65 Å². The van der Waals surface area contributed by atoms with Crippen LogP contribution in [0.3, 0.4) is 0 Å². The zero-order valence-corrected chi connectivity index (χ0v) is 17.3. The van der Waals surface area contributed by atoms with Gasteiger partial charge in [-0.2, -0.15) is 0 Å². The van der Waals surface area contributed by atoms with Crippen molar-refractivity contribution in [3.8, 4) is 0 Å². The van der Waals surface area contributed by atoms with Gasteiger partial charge < -0.3 is 16.4 Å². The fraction of sp³-hybridized carbons (Fsp3) is 0.391. The number of fused-ring (bicyclic) bond motifs is 1. The summed E-state index contributed by atoms with van der Waals surface area (Å²) in [6.07, 6.45) is 4.28. The van der Waals surface area contributed by atoms with Gasteiger partial charge in [0.1, 0.15) is 5.82 Å². The Balaban J connectivity index is 1.63. The number of imidazole rings is 1. The van der Waals surface area contributed by atoms with Gasteiger partial charge in [0.15, 0.2) is 5.65 Å². The van der Waals surface area contributed by atoms with Crippen LogP contribution in [0.15, 0.2) is 42.6 Å². The van der Waals surface area contributed by atoms with E-state index in [1.54, 1.807) is 0 Å². The van der Waals surface area contributed by atoms with E-state index in [-0.39, 0.29) is 11.4 Å². The summed E-state index contributed by atoms with van der Waals surface area (Å²) < 4.78 is 2.02. The topological polar surface area (TPSA) is 84.5 Å². The molecule has 2 aromatic heterocycles. The molecule has 0 atom stereocenters. The molecule has 0 radical (unpaired) electrons. The molecule has 1 aromatic carbocycles. The molecule has 4 N–H and O–H groups in total. The van der Waals surface area contributed by atoms with E-state index in [2.05, 4.69) is 31.4 Å². The number of carbonyl (C=O) groups is 1. The highest BCUT2D eigenvalue weighted by atomic mass is 16.1. The Labute approximate surface area is 171 Å². The lowest BCUT2D eigenvalue weighted by Crippen LogP contribution is -2.27. The van der Waals surface area contributed by atoms with Crippen LogP contribution in [0.1, 0.15) is 66.7 Å². The number of hydrogen-bond acceptors (Lipinski definition) is 4. The minimum Gasteiger partial charge on any atom is -0.365 e. The van der Waals surface area contributed by atoms with E-state index in [1.165, 1.54) is 0 Å². The minimum absolute atomic E-state index is 0.0914. The number of benzene rings is 1. The Morgan fingerprint density at radius 1 is 1.21 bits per heavy atom. The summed E-state index contributed by atoms with van der Waals surface area (Å²) in [6.45, 7) is 7.35. The van der Waals surface area contributed by atoms with E-state index >= 15 is 0 Å². The third-order valence-electron chi connectivity index (χ3n) is 5.06. The molecule has 0 spiro atoms. The fourth-order valence-corrected chi connectivity index (χ4v) is 3.53. The van der Waals surface area contributed by atoms with E-state index in [9.17, 15) is 4.79 Å². The number of hydrogen-bond donors (Lipinski definition) is 3. The third-order valence-corrected chi connectivity index (χ3v) is 5.06. The fourth-order valence-electron chi connectivity index (χ4n) is 3.53. The second-order valence-electron chi connectivity index (χ2n) is 8.82. The number of nitrogens with one attached hydrogen (secondary N) is 2. The molecule has 1 aliphatic carbocycles. The van der Waals surface area contributed by atoms with Crippen LogP contribution in [0.4, 0.5) is 5.82 Å². The molecule has 152 valence electrons. The number of carbonyl (C=O) groups excluding carboxylic acids is 1. The van der Waals surface area contributed by atoms with Crippen LogP contribution in [0, 0.1) is 0 Å². The number of rotatable bonds is 6. The van der Waals surface area contributed by atoms with Gasteiger partial charge in [-0.05, 0) is 56.9 Å². The van der Waals surface area contributed by atoms with Crippen LogP contribution in [0.5, 0.6) is 0 Å². The van der Waals surface area contributed by atoms with Gasteiger partial charge in [0.2, 0.25) is 0 Å². The number of nitrogens with zero attached hydrogens (tertiary/aromatic N) is 2. The molecule has 3 aromatic rings. The average molecular weight is 392 g/mol. The van der Waals surface area contributed by atoms with Gasteiger partial charge in [-0.25, -0.2) is 4.98 Å². The Morgan fingerprint density at radius 2 is 1.97 bits per heavy atom. The standard InChI is InChI=1S/C23H29N5O/c1-23(2,3)27-21-19(17-9-10-17)26-20-18(8-5-11-28(20)21)22(29)25-14-16-7-4-6-15(12-16)13-24/h4-8,11-12,17,27H,9-10,13-14,24H2,1-3H3,(H,25,29).